The molecular weight excluding hydrogens is 278 g/mol. The normalized spacial score (nSPS) is 11.0. The fourth-order valence-electron chi connectivity index (χ4n) is 1.71. The maximum atomic E-state index is 12.1. The van der Waals surface area contributed by atoms with Gasteiger partial charge in [0.1, 0.15) is 0 Å². The molecule has 0 heterocycles. The van der Waals surface area contributed by atoms with E-state index in [1.807, 2.05) is 0 Å². The number of rotatable bonds is 6. The van der Waals surface area contributed by atoms with E-state index in [1.54, 1.807) is 13.8 Å². The molecule has 1 amide bonds. The summed E-state index contributed by atoms with van der Waals surface area (Å²) >= 11 is 0. The van der Waals surface area contributed by atoms with Crippen LogP contribution in [0, 0.1) is 10.1 Å². The molecule has 21 heavy (non-hydrogen) atoms. The Morgan fingerprint density at radius 3 is 2.57 bits per heavy atom. The number of carboxylic acid groups (broad SMARTS) is 1. The van der Waals surface area contributed by atoms with Crippen LogP contribution in [-0.2, 0) is 4.79 Å². The first-order valence-electron chi connectivity index (χ1n) is 6.20. The van der Waals surface area contributed by atoms with Crippen molar-refractivity contribution in [3.63, 3.8) is 0 Å². The van der Waals surface area contributed by atoms with Gasteiger partial charge in [0.15, 0.2) is 0 Å². The molecule has 0 atom stereocenters. The smallest absolute Gasteiger partial charge is 0.303 e. The number of amides is 1. The minimum absolute atomic E-state index is 0.00685. The number of hydrogen-bond acceptors (Lipinski definition) is 5. The van der Waals surface area contributed by atoms with Gasteiger partial charge in [0, 0.05) is 29.8 Å². The van der Waals surface area contributed by atoms with Crippen LogP contribution in [0.4, 0.5) is 11.4 Å². The number of nitro groups is 1. The molecule has 4 N–H and O–H groups in total. The quantitative estimate of drug-likeness (QED) is 0.414. The monoisotopic (exact) mass is 295 g/mol. The predicted molar refractivity (Wildman–Crippen MR) is 75.9 cm³/mol. The number of nitro benzene ring substituents is 1. The van der Waals surface area contributed by atoms with Crippen molar-refractivity contribution in [1.29, 1.82) is 0 Å². The number of carboxylic acids is 1. The average molecular weight is 295 g/mol. The molecule has 0 radical (unpaired) electrons. The minimum atomic E-state index is -0.966. The SMILES string of the molecule is CC(C)(CCC(=O)O)NC(=O)c1cc([N+](=O)[O-])ccc1N. The van der Waals surface area contributed by atoms with Crippen molar-refractivity contribution in [3.8, 4) is 0 Å². The van der Waals surface area contributed by atoms with Crippen molar-refractivity contribution in [3.05, 3.63) is 33.9 Å². The van der Waals surface area contributed by atoms with Gasteiger partial charge in [-0.05, 0) is 26.3 Å². The first-order valence-corrected chi connectivity index (χ1v) is 6.20. The summed E-state index contributed by atoms with van der Waals surface area (Å²) in [6, 6.07) is 3.59. The zero-order chi connectivity index (χ0) is 16.2. The Morgan fingerprint density at radius 1 is 1.43 bits per heavy atom. The van der Waals surface area contributed by atoms with Crippen LogP contribution in [0.2, 0.25) is 0 Å². The lowest BCUT2D eigenvalue weighted by Crippen LogP contribution is -2.43. The van der Waals surface area contributed by atoms with Crippen molar-refractivity contribution in [2.75, 3.05) is 5.73 Å². The number of nitrogen functional groups attached to an aromatic ring is 1. The summed E-state index contributed by atoms with van der Waals surface area (Å²) in [5, 5.41) is 22.0. The molecule has 0 aliphatic heterocycles. The van der Waals surface area contributed by atoms with Crippen molar-refractivity contribution in [2.24, 2.45) is 0 Å². The lowest BCUT2D eigenvalue weighted by atomic mass is 9.97. The molecule has 1 aromatic carbocycles. The van der Waals surface area contributed by atoms with Crippen LogP contribution < -0.4 is 11.1 Å². The standard InChI is InChI=1S/C13H17N3O5/c1-13(2,6-5-11(17)18)15-12(19)9-7-8(16(20)21)3-4-10(9)14/h3-4,7H,5-6,14H2,1-2H3,(H,15,19)(H,17,18). The van der Waals surface area contributed by atoms with Gasteiger partial charge in [-0.25, -0.2) is 0 Å². The summed E-state index contributed by atoms with van der Waals surface area (Å²) in [6.45, 7) is 3.34. The number of aliphatic carboxylic acids is 1. The number of nitrogens with two attached hydrogens (primary N) is 1. The van der Waals surface area contributed by atoms with Crippen LogP contribution in [0.5, 0.6) is 0 Å². The third-order valence-corrected chi connectivity index (χ3v) is 2.91. The van der Waals surface area contributed by atoms with E-state index in [1.165, 1.54) is 12.1 Å². The third kappa shape index (κ3) is 4.75. The minimum Gasteiger partial charge on any atom is -0.481 e. The molecule has 0 aliphatic rings. The second kappa shape index (κ2) is 6.21. The van der Waals surface area contributed by atoms with Crippen LogP contribution in [0.15, 0.2) is 18.2 Å². The van der Waals surface area contributed by atoms with E-state index >= 15 is 0 Å². The zero-order valence-electron chi connectivity index (χ0n) is 11.8. The van der Waals surface area contributed by atoms with Crippen molar-refractivity contribution in [1.82, 2.24) is 5.32 Å². The maximum absolute atomic E-state index is 12.1. The Kier molecular flexibility index (Phi) is 4.85. The molecule has 0 spiro atoms. The molecule has 0 fully saturated rings. The van der Waals surface area contributed by atoms with Crippen LogP contribution in [0.1, 0.15) is 37.0 Å². The molecule has 0 saturated heterocycles. The Bertz CT molecular complexity index is 583. The highest BCUT2D eigenvalue weighted by atomic mass is 16.6. The fourth-order valence-corrected chi connectivity index (χ4v) is 1.71. The molecule has 0 saturated carbocycles. The first kappa shape index (κ1) is 16.4. The topological polar surface area (TPSA) is 136 Å². The van der Waals surface area contributed by atoms with Gasteiger partial charge in [-0.15, -0.1) is 0 Å². The molecule has 8 heteroatoms. The Hall–Kier alpha value is -2.64. The molecule has 0 aromatic heterocycles. The van der Waals surface area contributed by atoms with Gasteiger partial charge >= 0.3 is 5.97 Å². The highest BCUT2D eigenvalue weighted by Crippen LogP contribution is 2.21. The van der Waals surface area contributed by atoms with Gasteiger partial charge in [-0.2, -0.15) is 0 Å². The molecule has 1 aromatic rings. The summed E-state index contributed by atoms with van der Waals surface area (Å²) in [5.41, 5.74) is 4.76. The fraction of sp³-hybridized carbons (Fsp3) is 0.385. The number of carbonyl (C=O) groups is 2. The second-order valence-corrected chi connectivity index (χ2v) is 5.26. The molecule has 114 valence electrons. The molecule has 0 unspecified atom stereocenters. The summed E-state index contributed by atoms with van der Waals surface area (Å²) in [5.74, 6) is -1.54. The van der Waals surface area contributed by atoms with Crippen molar-refractivity contribution < 1.29 is 19.6 Å². The van der Waals surface area contributed by atoms with Crippen LogP contribution in [-0.4, -0.2) is 27.4 Å². The third-order valence-electron chi connectivity index (χ3n) is 2.91. The Morgan fingerprint density at radius 2 is 2.05 bits per heavy atom. The van der Waals surface area contributed by atoms with E-state index in [-0.39, 0.29) is 29.8 Å². The summed E-state index contributed by atoms with van der Waals surface area (Å²) in [4.78, 5) is 32.8. The molecule has 8 nitrogen and oxygen atoms in total. The zero-order valence-corrected chi connectivity index (χ0v) is 11.8. The summed E-state index contributed by atoms with van der Waals surface area (Å²) in [7, 11) is 0. The number of carbonyl (C=O) groups excluding carboxylic acids is 1. The molecule has 0 bridgehead atoms. The van der Waals surface area contributed by atoms with Gasteiger partial charge in [0.2, 0.25) is 0 Å². The lowest BCUT2D eigenvalue weighted by molar-refractivity contribution is -0.384. The van der Waals surface area contributed by atoms with Crippen molar-refractivity contribution in [2.45, 2.75) is 32.2 Å². The number of nitrogens with zero attached hydrogens (tertiary/aromatic N) is 1. The molecular formula is C13H17N3O5. The highest BCUT2D eigenvalue weighted by Gasteiger charge is 2.24. The van der Waals surface area contributed by atoms with Gasteiger partial charge in [0.05, 0.1) is 10.5 Å². The highest BCUT2D eigenvalue weighted by molar-refractivity contribution is 6.00. The Labute approximate surface area is 121 Å². The van der Waals surface area contributed by atoms with Gasteiger partial charge in [-0.1, -0.05) is 0 Å². The Balaban J connectivity index is 2.91. The molecule has 0 aliphatic carbocycles. The number of anilines is 1. The number of hydrogen-bond donors (Lipinski definition) is 3. The van der Waals surface area contributed by atoms with E-state index in [2.05, 4.69) is 5.32 Å². The second-order valence-electron chi connectivity index (χ2n) is 5.26. The van der Waals surface area contributed by atoms with E-state index in [4.69, 9.17) is 10.8 Å². The van der Waals surface area contributed by atoms with Gasteiger partial charge in [-0.3, -0.25) is 19.7 Å². The van der Waals surface area contributed by atoms with E-state index < -0.39 is 22.3 Å². The van der Waals surface area contributed by atoms with E-state index in [0.29, 0.717) is 0 Å². The van der Waals surface area contributed by atoms with Gasteiger partial charge in [0.25, 0.3) is 11.6 Å². The van der Waals surface area contributed by atoms with Crippen LogP contribution >= 0.6 is 0 Å². The van der Waals surface area contributed by atoms with Crippen molar-refractivity contribution >= 4 is 23.3 Å². The number of non-ortho nitro benzene ring substituents is 1. The first-order chi connectivity index (χ1) is 9.62. The maximum Gasteiger partial charge on any atom is 0.303 e. The summed E-state index contributed by atoms with van der Waals surface area (Å²) in [6.07, 6.45) is 0.126. The van der Waals surface area contributed by atoms with Crippen LogP contribution in [0.25, 0.3) is 0 Å². The van der Waals surface area contributed by atoms with E-state index in [9.17, 15) is 19.7 Å². The lowest BCUT2D eigenvalue weighted by Gasteiger charge is -2.25. The molecule has 1 rings (SSSR count). The number of benzene rings is 1. The van der Waals surface area contributed by atoms with Crippen LogP contribution in [0.3, 0.4) is 0 Å². The number of nitrogens with one attached hydrogen (secondary N) is 1. The van der Waals surface area contributed by atoms with E-state index in [0.717, 1.165) is 6.07 Å². The average Bonchev–Trinajstić information content (AvgIpc) is 2.36. The van der Waals surface area contributed by atoms with Gasteiger partial charge < -0.3 is 16.2 Å². The predicted octanol–water partition coefficient (Wildman–Crippen LogP) is 1.55. The summed E-state index contributed by atoms with van der Waals surface area (Å²) < 4.78 is 0. The largest absolute Gasteiger partial charge is 0.481 e.